The summed E-state index contributed by atoms with van der Waals surface area (Å²) in [6.45, 7) is 1.28. The van der Waals surface area contributed by atoms with Crippen molar-refractivity contribution < 1.29 is 10.2 Å². The summed E-state index contributed by atoms with van der Waals surface area (Å²) in [4.78, 5) is 2.36. The SMILES string of the molecule is Oc1c(Cl)cc(CN(Cc2cc(Cl)c(O)c(Cl)c2)C2CCCCC2)cc1Cl. The first-order valence-electron chi connectivity index (χ1n) is 8.93. The molecule has 0 bridgehead atoms. The van der Waals surface area contributed by atoms with E-state index in [0.717, 1.165) is 24.0 Å². The minimum Gasteiger partial charge on any atom is -0.505 e. The summed E-state index contributed by atoms with van der Waals surface area (Å²) in [5.41, 5.74) is 1.87. The van der Waals surface area contributed by atoms with Crippen LogP contribution < -0.4 is 0 Å². The third-order valence-corrected chi connectivity index (χ3v) is 6.17. The second kappa shape index (κ2) is 9.11. The molecule has 1 aliphatic rings. The third kappa shape index (κ3) is 5.16. The standard InChI is InChI=1S/C20H21Cl4NO2/c21-15-6-12(7-16(22)19(15)26)10-25(14-4-2-1-3-5-14)11-13-8-17(23)20(27)18(24)9-13/h6-9,14,26-27H,1-5,10-11H2. The first kappa shape index (κ1) is 20.9. The highest BCUT2D eigenvalue weighted by atomic mass is 35.5. The zero-order valence-corrected chi connectivity index (χ0v) is 17.7. The lowest BCUT2D eigenvalue weighted by molar-refractivity contribution is 0.140. The molecular weight excluding hydrogens is 428 g/mol. The van der Waals surface area contributed by atoms with E-state index in [1.165, 1.54) is 19.3 Å². The molecule has 0 atom stereocenters. The van der Waals surface area contributed by atoms with Crippen LogP contribution in [0.1, 0.15) is 43.2 Å². The fourth-order valence-corrected chi connectivity index (χ4v) is 4.71. The number of aromatic hydroxyl groups is 2. The van der Waals surface area contributed by atoms with Crippen molar-refractivity contribution in [1.29, 1.82) is 0 Å². The molecule has 0 saturated heterocycles. The van der Waals surface area contributed by atoms with Crippen LogP contribution in [0, 0.1) is 0 Å². The van der Waals surface area contributed by atoms with Gasteiger partial charge in [0.2, 0.25) is 0 Å². The van der Waals surface area contributed by atoms with Crippen LogP contribution in [0.2, 0.25) is 20.1 Å². The number of benzene rings is 2. The van der Waals surface area contributed by atoms with Crippen LogP contribution in [-0.2, 0) is 13.1 Å². The van der Waals surface area contributed by atoms with Crippen LogP contribution in [-0.4, -0.2) is 21.2 Å². The molecule has 3 rings (SSSR count). The maximum atomic E-state index is 9.81. The predicted octanol–water partition coefficient (Wildman–Crippen LogP) is 7.05. The highest BCUT2D eigenvalue weighted by Crippen LogP contribution is 2.36. The van der Waals surface area contributed by atoms with Crippen LogP contribution in [0.3, 0.4) is 0 Å². The number of halogens is 4. The Hall–Kier alpha value is -0.840. The third-order valence-electron chi connectivity index (χ3n) is 5.02. The zero-order valence-electron chi connectivity index (χ0n) is 14.7. The van der Waals surface area contributed by atoms with Crippen LogP contribution >= 0.6 is 46.4 Å². The van der Waals surface area contributed by atoms with E-state index in [4.69, 9.17) is 46.4 Å². The molecule has 2 N–H and O–H groups in total. The van der Waals surface area contributed by atoms with Crippen LogP contribution in [0.4, 0.5) is 0 Å². The van der Waals surface area contributed by atoms with Crippen molar-refractivity contribution in [3.05, 3.63) is 55.5 Å². The number of phenolic OH excluding ortho intramolecular Hbond substituents is 2. The molecule has 3 nitrogen and oxygen atoms in total. The first-order chi connectivity index (χ1) is 12.8. The Kier molecular flexibility index (Phi) is 7.04. The zero-order chi connectivity index (χ0) is 19.6. The summed E-state index contributed by atoms with van der Waals surface area (Å²) in [5.74, 6) is -0.188. The summed E-state index contributed by atoms with van der Waals surface area (Å²) in [5, 5.41) is 20.6. The Morgan fingerprint density at radius 2 is 1.07 bits per heavy atom. The average molecular weight is 449 g/mol. The maximum Gasteiger partial charge on any atom is 0.152 e. The molecule has 27 heavy (non-hydrogen) atoms. The number of hydrogen-bond donors (Lipinski definition) is 2. The maximum absolute atomic E-state index is 9.81. The lowest BCUT2D eigenvalue weighted by Crippen LogP contribution is -2.35. The van der Waals surface area contributed by atoms with Crippen LogP contribution in [0.5, 0.6) is 11.5 Å². The minimum absolute atomic E-state index is 0.0941. The fraction of sp³-hybridized carbons (Fsp3) is 0.400. The molecule has 0 radical (unpaired) electrons. The summed E-state index contributed by atoms with van der Waals surface area (Å²) in [6, 6.07) is 7.41. The molecule has 1 saturated carbocycles. The number of hydrogen-bond acceptors (Lipinski definition) is 3. The molecule has 0 aliphatic heterocycles. The Morgan fingerprint density at radius 3 is 1.44 bits per heavy atom. The number of rotatable bonds is 5. The normalized spacial score (nSPS) is 15.4. The van der Waals surface area contributed by atoms with Gasteiger partial charge in [0.15, 0.2) is 11.5 Å². The van der Waals surface area contributed by atoms with Gasteiger partial charge in [0.05, 0.1) is 20.1 Å². The minimum atomic E-state index is -0.0941. The van der Waals surface area contributed by atoms with E-state index in [9.17, 15) is 10.2 Å². The molecule has 1 fully saturated rings. The van der Waals surface area contributed by atoms with Crippen molar-refractivity contribution in [2.45, 2.75) is 51.2 Å². The van der Waals surface area contributed by atoms with E-state index in [1.54, 1.807) is 24.3 Å². The smallest absolute Gasteiger partial charge is 0.152 e. The van der Waals surface area contributed by atoms with E-state index in [0.29, 0.717) is 19.1 Å². The quantitative estimate of drug-likeness (QED) is 0.515. The highest BCUT2D eigenvalue weighted by Gasteiger charge is 2.23. The van der Waals surface area contributed by atoms with Gasteiger partial charge in [-0.25, -0.2) is 0 Å². The van der Waals surface area contributed by atoms with Crippen molar-refractivity contribution >= 4 is 46.4 Å². The molecule has 0 spiro atoms. The van der Waals surface area contributed by atoms with Crippen molar-refractivity contribution in [1.82, 2.24) is 4.90 Å². The summed E-state index contributed by atoms with van der Waals surface area (Å²) in [7, 11) is 0. The summed E-state index contributed by atoms with van der Waals surface area (Å²) < 4.78 is 0. The van der Waals surface area contributed by atoms with Crippen molar-refractivity contribution in [2.24, 2.45) is 0 Å². The lowest BCUT2D eigenvalue weighted by atomic mass is 9.93. The van der Waals surface area contributed by atoms with E-state index in [-0.39, 0.29) is 31.6 Å². The molecule has 7 heteroatoms. The Labute approximate surface area is 179 Å². The molecule has 0 amide bonds. The van der Waals surface area contributed by atoms with Gasteiger partial charge in [-0.1, -0.05) is 65.7 Å². The van der Waals surface area contributed by atoms with Crippen molar-refractivity contribution in [3.8, 4) is 11.5 Å². The van der Waals surface area contributed by atoms with Gasteiger partial charge >= 0.3 is 0 Å². The van der Waals surface area contributed by atoms with Gasteiger partial charge in [-0.15, -0.1) is 0 Å². The summed E-state index contributed by atoms with van der Waals surface area (Å²) >= 11 is 24.4. The molecular formula is C20H21Cl4NO2. The van der Waals surface area contributed by atoms with E-state index >= 15 is 0 Å². The van der Waals surface area contributed by atoms with Crippen LogP contribution in [0.15, 0.2) is 24.3 Å². The highest BCUT2D eigenvalue weighted by molar-refractivity contribution is 6.37. The Balaban J connectivity index is 1.87. The van der Waals surface area contributed by atoms with E-state index in [2.05, 4.69) is 4.90 Å². The van der Waals surface area contributed by atoms with Gasteiger partial charge in [0.1, 0.15) is 0 Å². The van der Waals surface area contributed by atoms with Gasteiger partial charge in [-0.05, 0) is 48.2 Å². The second-order valence-corrected chi connectivity index (χ2v) is 8.64. The monoisotopic (exact) mass is 447 g/mol. The molecule has 1 aliphatic carbocycles. The molecule has 0 unspecified atom stereocenters. The molecule has 2 aromatic rings. The van der Waals surface area contributed by atoms with E-state index < -0.39 is 0 Å². The Bertz CT molecular complexity index is 716. The molecule has 146 valence electrons. The van der Waals surface area contributed by atoms with Gasteiger partial charge in [-0.3, -0.25) is 4.90 Å². The first-order valence-corrected chi connectivity index (χ1v) is 10.4. The number of nitrogens with zero attached hydrogens (tertiary/aromatic N) is 1. The molecule has 0 aromatic heterocycles. The topological polar surface area (TPSA) is 43.7 Å². The van der Waals surface area contributed by atoms with E-state index in [1.807, 2.05) is 0 Å². The van der Waals surface area contributed by atoms with Crippen molar-refractivity contribution in [2.75, 3.05) is 0 Å². The largest absolute Gasteiger partial charge is 0.505 e. The van der Waals surface area contributed by atoms with Crippen molar-refractivity contribution in [3.63, 3.8) is 0 Å². The fourth-order valence-electron chi connectivity index (χ4n) is 3.65. The van der Waals surface area contributed by atoms with Gasteiger partial charge in [0.25, 0.3) is 0 Å². The van der Waals surface area contributed by atoms with Gasteiger partial charge in [-0.2, -0.15) is 0 Å². The molecule has 2 aromatic carbocycles. The predicted molar refractivity (Wildman–Crippen MR) is 112 cm³/mol. The molecule has 0 heterocycles. The average Bonchev–Trinajstić information content (AvgIpc) is 2.64. The lowest BCUT2D eigenvalue weighted by Gasteiger charge is -2.34. The van der Waals surface area contributed by atoms with Crippen LogP contribution in [0.25, 0.3) is 0 Å². The van der Waals surface area contributed by atoms with Gasteiger partial charge in [0, 0.05) is 19.1 Å². The Morgan fingerprint density at radius 1 is 0.704 bits per heavy atom. The number of phenols is 2. The van der Waals surface area contributed by atoms with Gasteiger partial charge < -0.3 is 10.2 Å². The second-order valence-electron chi connectivity index (χ2n) is 7.01. The summed E-state index contributed by atoms with van der Waals surface area (Å²) in [6.07, 6.45) is 5.92.